The normalized spacial score (nSPS) is 15.4. The molecule has 0 spiro atoms. The second-order valence-electron chi connectivity index (χ2n) is 7.91. The van der Waals surface area contributed by atoms with Gasteiger partial charge in [0.1, 0.15) is 6.04 Å². The van der Waals surface area contributed by atoms with Crippen molar-refractivity contribution in [1.29, 1.82) is 0 Å². The van der Waals surface area contributed by atoms with Gasteiger partial charge in [0, 0.05) is 24.5 Å². The number of carbonyl (C=O) groups is 1. The lowest BCUT2D eigenvalue weighted by Gasteiger charge is -2.29. The summed E-state index contributed by atoms with van der Waals surface area (Å²) in [6.45, 7) is 5.43. The predicted octanol–water partition coefficient (Wildman–Crippen LogP) is 2.25. The summed E-state index contributed by atoms with van der Waals surface area (Å²) in [4.78, 5) is 15.3. The molecule has 174 valence electrons. The van der Waals surface area contributed by atoms with E-state index < -0.39 is 22.0 Å². The fourth-order valence-electron chi connectivity index (χ4n) is 3.52. The molecule has 0 aliphatic carbocycles. The highest BCUT2D eigenvalue weighted by Crippen LogP contribution is 2.20. The number of amides is 1. The minimum absolute atomic E-state index is 0.134. The number of nitrogens with zero attached hydrogens (tertiary/aromatic N) is 1. The Morgan fingerprint density at radius 3 is 2.34 bits per heavy atom. The summed E-state index contributed by atoms with van der Waals surface area (Å²) in [5, 5.41) is 2.84. The van der Waals surface area contributed by atoms with Gasteiger partial charge in [-0.15, -0.1) is 0 Å². The van der Waals surface area contributed by atoms with E-state index in [2.05, 4.69) is 14.9 Å². The maximum atomic E-state index is 13.0. The molecule has 1 aliphatic rings. The van der Waals surface area contributed by atoms with Crippen molar-refractivity contribution in [2.75, 3.05) is 43.1 Å². The van der Waals surface area contributed by atoms with Crippen LogP contribution in [0.3, 0.4) is 0 Å². The third-order valence-electron chi connectivity index (χ3n) is 5.40. The van der Waals surface area contributed by atoms with Gasteiger partial charge in [0.15, 0.2) is 0 Å². The van der Waals surface area contributed by atoms with E-state index in [1.165, 1.54) is 12.1 Å². The van der Waals surface area contributed by atoms with Crippen molar-refractivity contribution < 1.29 is 17.9 Å². The molecule has 1 saturated heterocycles. The van der Waals surface area contributed by atoms with Crippen LogP contribution in [0.15, 0.2) is 53.4 Å². The van der Waals surface area contributed by atoms with Gasteiger partial charge < -0.3 is 20.7 Å². The molecular formula is C23H32N4O4S. The van der Waals surface area contributed by atoms with Gasteiger partial charge in [0.2, 0.25) is 15.9 Å². The van der Waals surface area contributed by atoms with Gasteiger partial charge in [-0.3, -0.25) is 4.79 Å². The number of unbranched alkanes of at least 4 members (excludes halogenated alkanes) is 1. The Hall–Kier alpha value is -2.46. The topological polar surface area (TPSA) is 114 Å². The number of sulfonamides is 1. The second-order valence-corrected chi connectivity index (χ2v) is 9.62. The average Bonchev–Trinajstić information content (AvgIpc) is 2.80. The van der Waals surface area contributed by atoms with Crippen LogP contribution in [0.4, 0.5) is 11.4 Å². The maximum absolute atomic E-state index is 13.0. The van der Waals surface area contributed by atoms with Crippen LogP contribution >= 0.6 is 0 Å². The largest absolute Gasteiger partial charge is 0.378 e. The number of carbonyl (C=O) groups excluding carboxylic acids is 1. The maximum Gasteiger partial charge on any atom is 0.242 e. The van der Waals surface area contributed by atoms with E-state index in [9.17, 15) is 13.2 Å². The van der Waals surface area contributed by atoms with Crippen molar-refractivity contribution in [3.8, 4) is 0 Å². The molecule has 2 aromatic carbocycles. The molecule has 9 heteroatoms. The molecule has 2 aromatic rings. The number of aryl methyl sites for hydroxylation is 1. The number of benzene rings is 2. The fraction of sp³-hybridized carbons (Fsp3) is 0.435. The molecule has 1 unspecified atom stereocenters. The number of anilines is 2. The highest BCUT2D eigenvalue weighted by atomic mass is 32.2. The lowest BCUT2D eigenvalue weighted by atomic mass is 10.1. The Bertz CT molecular complexity index is 972. The zero-order valence-corrected chi connectivity index (χ0v) is 19.2. The van der Waals surface area contributed by atoms with E-state index in [-0.39, 0.29) is 4.90 Å². The third kappa shape index (κ3) is 6.77. The van der Waals surface area contributed by atoms with E-state index in [1.54, 1.807) is 12.1 Å². The van der Waals surface area contributed by atoms with Gasteiger partial charge in [-0.1, -0.05) is 24.1 Å². The highest BCUT2D eigenvalue weighted by molar-refractivity contribution is 7.89. The first-order chi connectivity index (χ1) is 15.4. The van der Waals surface area contributed by atoms with E-state index in [0.717, 1.165) is 24.3 Å². The molecule has 8 nitrogen and oxygen atoms in total. The molecular weight excluding hydrogens is 428 g/mol. The molecule has 1 fully saturated rings. The summed E-state index contributed by atoms with van der Waals surface area (Å²) >= 11 is 0. The SMILES string of the molecule is Cc1ccc(S(=O)(=O)NC(CCCCN)C(=O)Nc2ccc(N3CCOCC3)cc2)cc1. The first kappa shape index (κ1) is 24.2. The Balaban J connectivity index is 1.68. The monoisotopic (exact) mass is 460 g/mol. The first-order valence-electron chi connectivity index (χ1n) is 10.9. The number of rotatable bonds is 10. The van der Waals surface area contributed by atoms with Crippen molar-refractivity contribution in [2.45, 2.75) is 37.1 Å². The van der Waals surface area contributed by atoms with E-state index in [1.807, 2.05) is 31.2 Å². The Morgan fingerprint density at radius 2 is 1.72 bits per heavy atom. The van der Waals surface area contributed by atoms with Crippen molar-refractivity contribution in [3.05, 3.63) is 54.1 Å². The number of hydrogen-bond donors (Lipinski definition) is 3. The summed E-state index contributed by atoms with van der Waals surface area (Å²) in [6.07, 6.45) is 1.71. The predicted molar refractivity (Wildman–Crippen MR) is 126 cm³/mol. The van der Waals surface area contributed by atoms with Crippen LogP contribution in [0.1, 0.15) is 24.8 Å². The van der Waals surface area contributed by atoms with E-state index in [4.69, 9.17) is 10.5 Å². The number of nitrogens with one attached hydrogen (secondary N) is 2. The molecule has 1 aliphatic heterocycles. The number of nitrogens with two attached hydrogens (primary N) is 1. The molecule has 1 atom stereocenters. The minimum atomic E-state index is -3.83. The molecule has 0 bridgehead atoms. The fourth-order valence-corrected chi connectivity index (χ4v) is 4.75. The third-order valence-corrected chi connectivity index (χ3v) is 6.89. The minimum Gasteiger partial charge on any atom is -0.378 e. The number of ether oxygens (including phenoxy) is 1. The molecule has 0 aromatic heterocycles. The van der Waals surface area contributed by atoms with Gasteiger partial charge in [-0.2, -0.15) is 4.72 Å². The zero-order valence-electron chi connectivity index (χ0n) is 18.4. The van der Waals surface area contributed by atoms with Crippen LogP contribution < -0.4 is 20.7 Å². The lowest BCUT2D eigenvalue weighted by molar-refractivity contribution is -0.117. The van der Waals surface area contributed by atoms with Crippen LogP contribution in [0, 0.1) is 6.92 Å². The van der Waals surface area contributed by atoms with Gasteiger partial charge in [-0.05, 0) is 62.7 Å². The van der Waals surface area contributed by atoms with Crippen LogP contribution in [0.5, 0.6) is 0 Å². The van der Waals surface area contributed by atoms with Crippen molar-refractivity contribution in [1.82, 2.24) is 4.72 Å². The molecule has 32 heavy (non-hydrogen) atoms. The molecule has 4 N–H and O–H groups in total. The summed E-state index contributed by atoms with van der Waals surface area (Å²) in [7, 11) is -3.83. The number of morpholine rings is 1. The standard InChI is InChI=1S/C23H32N4O4S/c1-18-5-11-21(12-6-18)32(29,30)26-22(4-2-3-13-24)23(28)25-19-7-9-20(10-8-19)27-14-16-31-17-15-27/h5-12,22,26H,2-4,13-17,24H2,1H3,(H,25,28). The van der Waals surface area contributed by atoms with Crippen LogP contribution in [0.2, 0.25) is 0 Å². The highest BCUT2D eigenvalue weighted by Gasteiger charge is 2.25. The first-order valence-corrected chi connectivity index (χ1v) is 12.4. The quantitative estimate of drug-likeness (QED) is 0.469. The summed E-state index contributed by atoms with van der Waals surface area (Å²) in [6, 6.07) is 13.2. The van der Waals surface area contributed by atoms with Crippen LogP contribution in [-0.4, -0.2) is 53.2 Å². The van der Waals surface area contributed by atoms with Gasteiger partial charge >= 0.3 is 0 Å². The Kier molecular flexibility index (Phi) is 8.63. The number of hydrogen-bond acceptors (Lipinski definition) is 6. The average molecular weight is 461 g/mol. The smallest absolute Gasteiger partial charge is 0.242 e. The van der Waals surface area contributed by atoms with E-state index >= 15 is 0 Å². The van der Waals surface area contributed by atoms with Gasteiger partial charge in [-0.25, -0.2) is 8.42 Å². The molecule has 0 saturated carbocycles. The Labute approximate surface area is 190 Å². The van der Waals surface area contributed by atoms with Crippen molar-refractivity contribution >= 4 is 27.3 Å². The molecule has 1 heterocycles. The second kappa shape index (κ2) is 11.4. The van der Waals surface area contributed by atoms with Crippen LogP contribution in [0.25, 0.3) is 0 Å². The Morgan fingerprint density at radius 1 is 1.06 bits per heavy atom. The van der Waals surface area contributed by atoms with Gasteiger partial charge in [0.05, 0.1) is 18.1 Å². The van der Waals surface area contributed by atoms with Crippen molar-refractivity contribution in [2.24, 2.45) is 5.73 Å². The molecule has 0 radical (unpaired) electrons. The molecule has 3 rings (SSSR count). The summed E-state index contributed by atoms with van der Waals surface area (Å²) in [5.74, 6) is -0.392. The lowest BCUT2D eigenvalue weighted by Crippen LogP contribution is -2.43. The van der Waals surface area contributed by atoms with E-state index in [0.29, 0.717) is 44.7 Å². The molecule has 1 amide bonds. The summed E-state index contributed by atoms with van der Waals surface area (Å²) in [5.41, 5.74) is 8.21. The van der Waals surface area contributed by atoms with Crippen LogP contribution in [-0.2, 0) is 19.6 Å². The zero-order chi connectivity index (χ0) is 23.0. The van der Waals surface area contributed by atoms with Gasteiger partial charge in [0.25, 0.3) is 0 Å². The van der Waals surface area contributed by atoms with Crippen molar-refractivity contribution in [3.63, 3.8) is 0 Å². The summed E-state index contributed by atoms with van der Waals surface area (Å²) < 4.78 is 33.6.